The molecular weight excluding hydrogens is 362 g/mol. The molecule has 1 atom stereocenters. The molecule has 0 bridgehead atoms. The largest absolute Gasteiger partial charge is 0.457 e. The molecule has 0 aliphatic carbocycles. The number of fused-ring (bicyclic) bond motifs is 1. The highest BCUT2D eigenvalue weighted by Gasteiger charge is 2.29. The van der Waals surface area contributed by atoms with Crippen molar-refractivity contribution in [2.45, 2.75) is 36.3 Å². The summed E-state index contributed by atoms with van der Waals surface area (Å²) in [5.74, 6) is -0.665. The third-order valence-corrected chi connectivity index (χ3v) is 5.60. The minimum atomic E-state index is -0.562. The fourth-order valence-corrected chi connectivity index (χ4v) is 3.82. The van der Waals surface area contributed by atoms with E-state index in [9.17, 15) is 14.4 Å². The summed E-state index contributed by atoms with van der Waals surface area (Å²) in [6.07, 6.45) is -0.0790. The Labute approximate surface area is 162 Å². The van der Waals surface area contributed by atoms with Crippen LogP contribution in [-0.2, 0) is 14.3 Å². The van der Waals surface area contributed by atoms with Crippen molar-refractivity contribution >= 4 is 35.1 Å². The molecule has 0 radical (unpaired) electrons. The second-order valence-electron chi connectivity index (χ2n) is 6.66. The van der Waals surface area contributed by atoms with Gasteiger partial charge >= 0.3 is 5.97 Å². The molecule has 1 aliphatic rings. The normalized spacial score (nSPS) is 15.8. The number of nitrogens with one attached hydrogen (secondary N) is 1. The average molecular weight is 383 g/mol. The van der Waals surface area contributed by atoms with Crippen molar-refractivity contribution in [2.24, 2.45) is 0 Å². The predicted molar refractivity (Wildman–Crippen MR) is 105 cm³/mol. The molecule has 0 aromatic heterocycles. The average Bonchev–Trinajstić information content (AvgIpc) is 2.66. The molecular formula is C21H21NO4S. The van der Waals surface area contributed by atoms with Gasteiger partial charge < -0.3 is 10.1 Å². The molecule has 0 fully saturated rings. The molecule has 1 amide bonds. The first-order valence-corrected chi connectivity index (χ1v) is 9.67. The van der Waals surface area contributed by atoms with Gasteiger partial charge in [0.2, 0.25) is 5.91 Å². The van der Waals surface area contributed by atoms with Crippen LogP contribution in [0.15, 0.2) is 53.4 Å². The van der Waals surface area contributed by atoms with Gasteiger partial charge in [-0.15, -0.1) is 11.8 Å². The minimum absolute atomic E-state index is 0.0790. The Morgan fingerprint density at radius 2 is 1.81 bits per heavy atom. The number of Topliss-reactive ketones (excluding diaryl/α,β-unsaturated/α-hetero) is 1. The number of para-hydroxylation sites is 1. The number of rotatable bonds is 6. The molecule has 0 saturated heterocycles. The maximum atomic E-state index is 12.2. The van der Waals surface area contributed by atoms with E-state index in [1.807, 2.05) is 36.4 Å². The second-order valence-corrected chi connectivity index (χ2v) is 7.90. The number of ether oxygens (including phenoxy) is 1. The van der Waals surface area contributed by atoms with Gasteiger partial charge in [-0.1, -0.05) is 50.2 Å². The molecule has 140 valence electrons. The predicted octanol–water partition coefficient (Wildman–Crippen LogP) is 4.04. The molecule has 6 heteroatoms. The third kappa shape index (κ3) is 4.77. The monoisotopic (exact) mass is 383 g/mol. The van der Waals surface area contributed by atoms with Gasteiger partial charge in [0.15, 0.2) is 12.4 Å². The van der Waals surface area contributed by atoms with Gasteiger partial charge in [-0.05, 0) is 23.6 Å². The first kappa shape index (κ1) is 19.2. The summed E-state index contributed by atoms with van der Waals surface area (Å²) in [4.78, 5) is 37.3. The standard InChI is InChI=1S/C21H21NO4S/c1-13(2)14-7-9-15(10-8-14)17(23)12-26-20(24)11-19-21(25)22-16-5-3-4-6-18(16)27-19/h3-10,13,19H,11-12H2,1-2H3,(H,22,25)/t19-/m0/s1. The van der Waals surface area contributed by atoms with Crippen LogP contribution in [0.1, 0.15) is 42.1 Å². The number of carbonyl (C=O) groups excluding carboxylic acids is 3. The van der Waals surface area contributed by atoms with Gasteiger partial charge in [-0.25, -0.2) is 0 Å². The number of anilines is 1. The summed E-state index contributed by atoms with van der Waals surface area (Å²) < 4.78 is 5.09. The van der Waals surface area contributed by atoms with Gasteiger partial charge in [-0.2, -0.15) is 0 Å². The quantitative estimate of drug-likeness (QED) is 0.602. The molecule has 1 N–H and O–H groups in total. The van der Waals surface area contributed by atoms with Gasteiger partial charge in [0.1, 0.15) is 0 Å². The zero-order chi connectivity index (χ0) is 19.4. The fraction of sp³-hybridized carbons (Fsp3) is 0.286. The number of esters is 1. The van der Waals surface area contributed by atoms with Gasteiger partial charge in [-0.3, -0.25) is 14.4 Å². The second kappa shape index (κ2) is 8.39. The zero-order valence-electron chi connectivity index (χ0n) is 15.2. The van der Waals surface area contributed by atoms with Crippen LogP contribution in [0.5, 0.6) is 0 Å². The SMILES string of the molecule is CC(C)c1ccc(C(=O)COC(=O)C[C@@H]2Sc3ccccc3NC2=O)cc1. The summed E-state index contributed by atoms with van der Waals surface area (Å²) in [5.41, 5.74) is 2.40. The summed E-state index contributed by atoms with van der Waals surface area (Å²) in [6, 6.07) is 14.7. The molecule has 1 aliphatic heterocycles. The fourth-order valence-electron chi connectivity index (χ4n) is 2.72. The summed E-state index contributed by atoms with van der Waals surface area (Å²) in [7, 11) is 0. The van der Waals surface area contributed by atoms with Crippen molar-refractivity contribution < 1.29 is 19.1 Å². The van der Waals surface area contributed by atoms with E-state index in [2.05, 4.69) is 19.2 Å². The zero-order valence-corrected chi connectivity index (χ0v) is 16.0. The summed E-state index contributed by atoms with van der Waals surface area (Å²) in [6.45, 7) is 3.84. The number of hydrogen-bond acceptors (Lipinski definition) is 5. The number of carbonyl (C=O) groups is 3. The van der Waals surface area contributed by atoms with Crippen molar-refractivity contribution in [3.05, 3.63) is 59.7 Å². The Hall–Kier alpha value is -2.60. The minimum Gasteiger partial charge on any atom is -0.457 e. The number of thioether (sulfide) groups is 1. The van der Waals surface area contributed by atoms with Crippen LogP contribution in [0.3, 0.4) is 0 Å². The topological polar surface area (TPSA) is 72.5 Å². The molecule has 3 rings (SSSR count). The summed E-state index contributed by atoms with van der Waals surface area (Å²) in [5, 5.41) is 2.22. The molecule has 5 nitrogen and oxygen atoms in total. The Balaban J connectivity index is 1.52. The van der Waals surface area contributed by atoms with Crippen LogP contribution in [0.4, 0.5) is 5.69 Å². The van der Waals surface area contributed by atoms with E-state index in [1.54, 1.807) is 12.1 Å². The summed E-state index contributed by atoms with van der Waals surface area (Å²) >= 11 is 1.33. The highest BCUT2D eigenvalue weighted by Crippen LogP contribution is 2.36. The lowest BCUT2D eigenvalue weighted by atomic mass is 10.0. The van der Waals surface area contributed by atoms with E-state index in [0.29, 0.717) is 11.5 Å². The molecule has 2 aromatic carbocycles. The highest BCUT2D eigenvalue weighted by atomic mass is 32.2. The molecule has 0 unspecified atom stereocenters. The van der Waals surface area contributed by atoms with Crippen LogP contribution in [-0.4, -0.2) is 29.5 Å². The van der Waals surface area contributed by atoms with Crippen LogP contribution >= 0.6 is 11.8 Å². The van der Waals surface area contributed by atoms with E-state index >= 15 is 0 Å². The van der Waals surface area contributed by atoms with Crippen molar-refractivity contribution in [1.29, 1.82) is 0 Å². The van der Waals surface area contributed by atoms with E-state index in [4.69, 9.17) is 4.74 Å². The molecule has 1 heterocycles. The van der Waals surface area contributed by atoms with Crippen LogP contribution < -0.4 is 5.32 Å². The van der Waals surface area contributed by atoms with Crippen molar-refractivity contribution in [3.63, 3.8) is 0 Å². The number of ketones is 1. The van der Waals surface area contributed by atoms with Gasteiger partial charge in [0.05, 0.1) is 17.4 Å². The highest BCUT2D eigenvalue weighted by molar-refractivity contribution is 8.01. The van der Waals surface area contributed by atoms with Crippen molar-refractivity contribution in [2.75, 3.05) is 11.9 Å². The Morgan fingerprint density at radius 1 is 1.11 bits per heavy atom. The molecule has 2 aromatic rings. The third-order valence-electron chi connectivity index (χ3n) is 4.32. The van der Waals surface area contributed by atoms with E-state index in [0.717, 1.165) is 16.1 Å². The number of benzene rings is 2. The van der Waals surface area contributed by atoms with E-state index < -0.39 is 11.2 Å². The van der Waals surface area contributed by atoms with E-state index in [-0.39, 0.29) is 24.7 Å². The smallest absolute Gasteiger partial charge is 0.307 e. The lowest BCUT2D eigenvalue weighted by Crippen LogP contribution is -2.31. The maximum absolute atomic E-state index is 12.2. The first-order chi connectivity index (χ1) is 12.9. The Morgan fingerprint density at radius 3 is 2.52 bits per heavy atom. The molecule has 27 heavy (non-hydrogen) atoms. The lowest BCUT2D eigenvalue weighted by Gasteiger charge is -2.23. The molecule has 0 spiro atoms. The van der Waals surface area contributed by atoms with Gasteiger partial charge in [0.25, 0.3) is 0 Å². The van der Waals surface area contributed by atoms with Gasteiger partial charge in [0, 0.05) is 10.5 Å². The maximum Gasteiger partial charge on any atom is 0.307 e. The van der Waals surface area contributed by atoms with Crippen LogP contribution in [0, 0.1) is 0 Å². The van der Waals surface area contributed by atoms with Crippen LogP contribution in [0.25, 0.3) is 0 Å². The first-order valence-electron chi connectivity index (χ1n) is 8.79. The van der Waals surface area contributed by atoms with Crippen molar-refractivity contribution in [3.8, 4) is 0 Å². The van der Waals surface area contributed by atoms with Crippen LogP contribution in [0.2, 0.25) is 0 Å². The Kier molecular flexibility index (Phi) is 5.96. The van der Waals surface area contributed by atoms with E-state index in [1.165, 1.54) is 11.8 Å². The lowest BCUT2D eigenvalue weighted by molar-refractivity contribution is -0.143. The number of hydrogen-bond donors (Lipinski definition) is 1. The number of amides is 1. The van der Waals surface area contributed by atoms with Crippen molar-refractivity contribution in [1.82, 2.24) is 0 Å². The Bertz CT molecular complexity index is 861. The molecule has 0 saturated carbocycles.